The number of hydrogen-bond acceptors (Lipinski definition) is 4. The summed E-state index contributed by atoms with van der Waals surface area (Å²) in [6.45, 7) is 0. The van der Waals surface area contributed by atoms with Gasteiger partial charge in [-0.3, -0.25) is 15.1 Å². The zero-order valence-corrected chi connectivity index (χ0v) is 8.33. The van der Waals surface area contributed by atoms with Gasteiger partial charge in [-0.25, -0.2) is 0 Å². The van der Waals surface area contributed by atoms with Gasteiger partial charge < -0.3 is 5.73 Å². The molecule has 0 aliphatic rings. The third-order valence-electron chi connectivity index (χ3n) is 2.21. The minimum atomic E-state index is -0.487. The molecule has 1 aromatic carbocycles. The summed E-state index contributed by atoms with van der Waals surface area (Å²) in [5, 5.41) is 10.9. The largest absolute Gasteiger partial charge is 0.392 e. The molecular formula is C11H9N3O2. The van der Waals surface area contributed by atoms with Crippen LogP contribution in [0.25, 0.3) is 11.1 Å². The number of nitrogens with zero attached hydrogens (tertiary/aromatic N) is 2. The lowest BCUT2D eigenvalue weighted by atomic mass is 10.1. The van der Waals surface area contributed by atoms with Crippen LogP contribution >= 0.6 is 0 Å². The summed E-state index contributed by atoms with van der Waals surface area (Å²) in [6.07, 6.45) is 2.73. The number of anilines is 1. The van der Waals surface area contributed by atoms with E-state index in [0.29, 0.717) is 5.56 Å². The zero-order chi connectivity index (χ0) is 11.5. The Morgan fingerprint density at radius 2 is 1.88 bits per heavy atom. The average Bonchev–Trinajstić information content (AvgIpc) is 2.29. The predicted octanol–water partition coefficient (Wildman–Crippen LogP) is 2.24. The van der Waals surface area contributed by atoms with Gasteiger partial charge in [0, 0.05) is 6.20 Å². The van der Waals surface area contributed by atoms with Crippen molar-refractivity contribution < 1.29 is 4.92 Å². The van der Waals surface area contributed by atoms with E-state index in [0.717, 1.165) is 5.56 Å². The highest BCUT2D eigenvalue weighted by atomic mass is 16.6. The third-order valence-corrected chi connectivity index (χ3v) is 2.21. The lowest BCUT2D eigenvalue weighted by Gasteiger charge is -2.03. The van der Waals surface area contributed by atoms with Crippen LogP contribution in [0, 0.1) is 10.1 Å². The van der Waals surface area contributed by atoms with Crippen molar-refractivity contribution in [1.29, 1.82) is 0 Å². The van der Waals surface area contributed by atoms with Crippen molar-refractivity contribution >= 4 is 11.4 Å². The number of pyridine rings is 1. The molecule has 0 aliphatic carbocycles. The van der Waals surface area contributed by atoms with E-state index >= 15 is 0 Å². The van der Waals surface area contributed by atoms with Gasteiger partial charge >= 0.3 is 5.69 Å². The molecule has 5 heteroatoms. The van der Waals surface area contributed by atoms with E-state index in [1.807, 2.05) is 18.2 Å². The predicted molar refractivity (Wildman–Crippen MR) is 60.7 cm³/mol. The molecule has 0 atom stereocenters. The van der Waals surface area contributed by atoms with Gasteiger partial charge in [-0.2, -0.15) is 0 Å². The molecule has 80 valence electrons. The van der Waals surface area contributed by atoms with Crippen LogP contribution in [0.2, 0.25) is 0 Å². The smallest absolute Gasteiger partial charge is 0.303 e. The lowest BCUT2D eigenvalue weighted by Crippen LogP contribution is -1.99. The summed E-state index contributed by atoms with van der Waals surface area (Å²) in [5.41, 5.74) is 6.70. The molecule has 0 unspecified atom stereocenters. The Balaban J connectivity index is 2.66. The van der Waals surface area contributed by atoms with Crippen LogP contribution in [0.15, 0.2) is 42.7 Å². The minimum Gasteiger partial charge on any atom is -0.392 e. The maximum atomic E-state index is 10.9. The minimum absolute atomic E-state index is 0.0753. The molecule has 0 radical (unpaired) electrons. The molecule has 2 aromatic rings. The van der Waals surface area contributed by atoms with E-state index in [4.69, 9.17) is 5.73 Å². The fraction of sp³-hybridized carbons (Fsp3) is 0. The van der Waals surface area contributed by atoms with E-state index in [-0.39, 0.29) is 11.4 Å². The maximum absolute atomic E-state index is 10.9. The molecule has 1 heterocycles. The molecule has 2 rings (SSSR count). The van der Waals surface area contributed by atoms with Gasteiger partial charge in [-0.1, -0.05) is 30.3 Å². The molecule has 0 aliphatic heterocycles. The van der Waals surface area contributed by atoms with Crippen molar-refractivity contribution in [3.05, 3.63) is 52.8 Å². The Hall–Kier alpha value is -2.43. The molecule has 0 bridgehead atoms. The van der Waals surface area contributed by atoms with Crippen LogP contribution in [-0.2, 0) is 0 Å². The molecule has 0 spiro atoms. The lowest BCUT2D eigenvalue weighted by molar-refractivity contribution is -0.383. The Kier molecular flexibility index (Phi) is 2.51. The number of hydrogen-bond donors (Lipinski definition) is 1. The Morgan fingerprint density at radius 1 is 1.19 bits per heavy atom. The summed E-state index contributed by atoms with van der Waals surface area (Å²) in [5.74, 6) is 0. The summed E-state index contributed by atoms with van der Waals surface area (Å²) >= 11 is 0. The molecule has 0 fully saturated rings. The van der Waals surface area contributed by atoms with Crippen LogP contribution in [0.3, 0.4) is 0 Å². The number of benzene rings is 1. The van der Waals surface area contributed by atoms with Crippen molar-refractivity contribution in [2.24, 2.45) is 0 Å². The summed E-state index contributed by atoms with van der Waals surface area (Å²) in [4.78, 5) is 14.3. The molecule has 16 heavy (non-hydrogen) atoms. The summed E-state index contributed by atoms with van der Waals surface area (Å²) < 4.78 is 0. The van der Waals surface area contributed by atoms with Crippen LogP contribution in [-0.4, -0.2) is 9.91 Å². The van der Waals surface area contributed by atoms with E-state index in [1.54, 1.807) is 12.1 Å². The molecule has 0 saturated carbocycles. The maximum Gasteiger partial charge on any atom is 0.303 e. The van der Waals surface area contributed by atoms with Gasteiger partial charge in [0.25, 0.3) is 0 Å². The second kappa shape index (κ2) is 3.98. The quantitative estimate of drug-likeness (QED) is 0.615. The van der Waals surface area contributed by atoms with Crippen molar-refractivity contribution in [1.82, 2.24) is 4.98 Å². The Labute approximate surface area is 91.7 Å². The van der Waals surface area contributed by atoms with Crippen molar-refractivity contribution in [3.8, 4) is 11.1 Å². The highest BCUT2D eigenvalue weighted by Crippen LogP contribution is 2.32. The molecule has 2 N–H and O–H groups in total. The second-order valence-electron chi connectivity index (χ2n) is 3.25. The first-order valence-electron chi connectivity index (χ1n) is 4.63. The molecule has 0 saturated heterocycles. The number of nitrogens with two attached hydrogens (primary N) is 1. The number of rotatable bonds is 2. The van der Waals surface area contributed by atoms with E-state index in [9.17, 15) is 10.1 Å². The standard InChI is InChI=1S/C11H9N3O2/c12-10-7-13-6-9(11(10)14(15)16)8-4-2-1-3-5-8/h1-7H,12H2. The highest BCUT2D eigenvalue weighted by Gasteiger charge is 2.19. The zero-order valence-electron chi connectivity index (χ0n) is 8.33. The van der Waals surface area contributed by atoms with Crippen molar-refractivity contribution in [2.45, 2.75) is 0 Å². The monoisotopic (exact) mass is 215 g/mol. The fourth-order valence-electron chi connectivity index (χ4n) is 1.50. The fourth-order valence-corrected chi connectivity index (χ4v) is 1.50. The second-order valence-corrected chi connectivity index (χ2v) is 3.25. The first-order chi connectivity index (χ1) is 7.70. The van der Waals surface area contributed by atoms with Gasteiger partial charge in [-0.15, -0.1) is 0 Å². The summed E-state index contributed by atoms with van der Waals surface area (Å²) in [7, 11) is 0. The topological polar surface area (TPSA) is 82.0 Å². The van der Waals surface area contributed by atoms with E-state index in [1.165, 1.54) is 12.4 Å². The number of nitrogen functional groups attached to an aromatic ring is 1. The SMILES string of the molecule is Nc1cncc(-c2ccccc2)c1[N+](=O)[O-]. The van der Waals surface area contributed by atoms with Gasteiger partial charge in [0.15, 0.2) is 0 Å². The molecule has 5 nitrogen and oxygen atoms in total. The van der Waals surface area contributed by atoms with Crippen LogP contribution in [0.5, 0.6) is 0 Å². The molecular weight excluding hydrogens is 206 g/mol. The van der Waals surface area contributed by atoms with E-state index in [2.05, 4.69) is 4.98 Å². The number of nitro groups is 1. The van der Waals surface area contributed by atoms with Gasteiger partial charge in [0.2, 0.25) is 0 Å². The summed E-state index contributed by atoms with van der Waals surface area (Å²) in [6, 6.07) is 9.02. The first kappa shape index (κ1) is 10.1. The van der Waals surface area contributed by atoms with Crippen LogP contribution < -0.4 is 5.73 Å². The van der Waals surface area contributed by atoms with E-state index < -0.39 is 4.92 Å². The Bertz CT molecular complexity index is 526. The molecule has 1 aromatic heterocycles. The molecule has 0 amide bonds. The third kappa shape index (κ3) is 1.70. The van der Waals surface area contributed by atoms with Gasteiger partial charge in [-0.05, 0) is 5.56 Å². The average molecular weight is 215 g/mol. The van der Waals surface area contributed by atoms with Gasteiger partial charge in [0.1, 0.15) is 5.69 Å². The van der Waals surface area contributed by atoms with Crippen LogP contribution in [0.4, 0.5) is 11.4 Å². The Morgan fingerprint density at radius 3 is 2.50 bits per heavy atom. The van der Waals surface area contributed by atoms with Crippen molar-refractivity contribution in [3.63, 3.8) is 0 Å². The number of aromatic nitrogens is 1. The normalized spacial score (nSPS) is 10.0. The van der Waals surface area contributed by atoms with Gasteiger partial charge in [0.05, 0.1) is 16.7 Å². The first-order valence-corrected chi connectivity index (χ1v) is 4.63. The highest BCUT2D eigenvalue weighted by molar-refractivity contribution is 5.79. The van der Waals surface area contributed by atoms with Crippen molar-refractivity contribution in [2.75, 3.05) is 5.73 Å². The van der Waals surface area contributed by atoms with Crippen LogP contribution in [0.1, 0.15) is 0 Å².